The van der Waals surface area contributed by atoms with Crippen molar-refractivity contribution in [2.75, 3.05) is 19.1 Å². The number of carbonyl (C=O) groups excluding carboxylic acids is 1. The van der Waals surface area contributed by atoms with Gasteiger partial charge in [-0.2, -0.15) is 9.06 Å². The van der Waals surface area contributed by atoms with E-state index in [0.717, 1.165) is 4.21 Å². The van der Waals surface area contributed by atoms with Gasteiger partial charge in [-0.05, 0) is 35.9 Å². The fourth-order valence-electron chi connectivity index (χ4n) is 1.90. The highest BCUT2D eigenvalue weighted by Crippen LogP contribution is 2.32. The number of nitrogens with one attached hydrogen (secondary N) is 1. The number of aromatic nitrogens is 3. The first-order chi connectivity index (χ1) is 11.0. The molecule has 0 aliphatic carbocycles. The standard InChI is InChI=1S/C12H15N5O3S3/c1-7-6-8(17(19)20)14-16(7)5-4-13-10(18)9-11(21-2)15-23-12(9)22-3/h6H,4-5H2,1-3H3,(H,13,18). The van der Waals surface area contributed by atoms with Crippen molar-refractivity contribution < 1.29 is 9.72 Å². The summed E-state index contributed by atoms with van der Waals surface area (Å²) in [5.41, 5.74) is 1.27. The summed E-state index contributed by atoms with van der Waals surface area (Å²) < 4.78 is 6.64. The Kier molecular flexibility index (Phi) is 6.02. The van der Waals surface area contributed by atoms with Gasteiger partial charge in [0.1, 0.15) is 5.03 Å². The molecule has 2 aromatic heterocycles. The molecule has 0 saturated heterocycles. The quantitative estimate of drug-likeness (QED) is 0.451. The average Bonchev–Trinajstić information content (AvgIpc) is 3.10. The predicted octanol–water partition coefficient (Wildman–Crippen LogP) is 2.43. The lowest BCUT2D eigenvalue weighted by molar-refractivity contribution is -0.389. The van der Waals surface area contributed by atoms with E-state index in [1.807, 2.05) is 12.5 Å². The van der Waals surface area contributed by atoms with Crippen LogP contribution in [0.25, 0.3) is 0 Å². The van der Waals surface area contributed by atoms with Crippen LogP contribution in [-0.2, 0) is 6.54 Å². The lowest BCUT2D eigenvalue weighted by Gasteiger charge is -2.06. The lowest BCUT2D eigenvalue weighted by Crippen LogP contribution is -2.28. The van der Waals surface area contributed by atoms with E-state index in [-0.39, 0.29) is 11.7 Å². The Hall–Kier alpha value is -1.59. The summed E-state index contributed by atoms with van der Waals surface area (Å²) in [6.07, 6.45) is 3.78. The first kappa shape index (κ1) is 17.8. The minimum absolute atomic E-state index is 0.188. The van der Waals surface area contributed by atoms with Gasteiger partial charge in [0.2, 0.25) is 0 Å². The molecular weight excluding hydrogens is 358 g/mol. The second-order valence-electron chi connectivity index (χ2n) is 4.44. The second kappa shape index (κ2) is 7.79. The normalized spacial score (nSPS) is 10.7. The third kappa shape index (κ3) is 4.03. The molecule has 0 bridgehead atoms. The van der Waals surface area contributed by atoms with E-state index in [9.17, 15) is 14.9 Å². The first-order valence-electron chi connectivity index (χ1n) is 6.52. The van der Waals surface area contributed by atoms with Crippen LogP contribution in [0.5, 0.6) is 0 Å². The highest BCUT2D eigenvalue weighted by Gasteiger charge is 2.20. The molecule has 0 radical (unpaired) electrons. The topological polar surface area (TPSA) is 103 Å². The summed E-state index contributed by atoms with van der Waals surface area (Å²) in [5.74, 6) is -0.378. The van der Waals surface area contributed by atoms with Gasteiger partial charge < -0.3 is 15.4 Å². The van der Waals surface area contributed by atoms with Crippen LogP contribution in [-0.4, -0.2) is 44.0 Å². The maximum Gasteiger partial charge on any atom is 0.390 e. The number of nitro groups is 1. The fourth-order valence-corrected chi connectivity index (χ4v) is 4.18. The van der Waals surface area contributed by atoms with Crippen molar-refractivity contribution >= 4 is 46.8 Å². The Bertz CT molecular complexity index is 706. The van der Waals surface area contributed by atoms with E-state index in [2.05, 4.69) is 14.8 Å². The largest absolute Gasteiger partial charge is 0.390 e. The summed E-state index contributed by atoms with van der Waals surface area (Å²) in [6.45, 7) is 2.43. The molecule has 0 unspecified atom stereocenters. The summed E-state index contributed by atoms with van der Waals surface area (Å²) >= 11 is 4.23. The molecule has 1 amide bonds. The highest BCUT2D eigenvalue weighted by atomic mass is 32.2. The zero-order valence-corrected chi connectivity index (χ0v) is 15.2. The Morgan fingerprint density at radius 2 is 2.22 bits per heavy atom. The predicted molar refractivity (Wildman–Crippen MR) is 91.6 cm³/mol. The number of nitrogens with zero attached hydrogens (tertiary/aromatic N) is 4. The van der Waals surface area contributed by atoms with Crippen molar-refractivity contribution in [3.8, 4) is 0 Å². The van der Waals surface area contributed by atoms with Crippen LogP contribution in [0.1, 0.15) is 16.1 Å². The Labute approximate surface area is 145 Å². The monoisotopic (exact) mass is 373 g/mol. The van der Waals surface area contributed by atoms with Crippen molar-refractivity contribution in [1.82, 2.24) is 19.5 Å². The number of thioether (sulfide) groups is 2. The Morgan fingerprint density at radius 3 is 2.78 bits per heavy atom. The molecule has 2 rings (SSSR count). The molecule has 0 aliphatic heterocycles. The SMILES string of the molecule is CSc1nsc(SC)c1C(=O)NCCn1nc([N+](=O)[O-])cc1C. The minimum Gasteiger partial charge on any atom is -0.358 e. The molecule has 0 aromatic carbocycles. The van der Waals surface area contributed by atoms with Crippen molar-refractivity contribution in [1.29, 1.82) is 0 Å². The molecule has 0 atom stereocenters. The highest BCUT2D eigenvalue weighted by molar-refractivity contribution is 8.01. The fraction of sp³-hybridized carbons (Fsp3) is 0.417. The smallest absolute Gasteiger partial charge is 0.358 e. The number of aryl methyl sites for hydroxylation is 1. The van der Waals surface area contributed by atoms with E-state index in [4.69, 9.17) is 0 Å². The number of rotatable bonds is 7. The van der Waals surface area contributed by atoms with Crippen LogP contribution in [0.2, 0.25) is 0 Å². The van der Waals surface area contributed by atoms with Gasteiger partial charge in [-0.15, -0.1) is 23.5 Å². The summed E-state index contributed by atoms with van der Waals surface area (Å²) in [7, 11) is 0. The number of hydrogen-bond acceptors (Lipinski definition) is 8. The molecule has 0 spiro atoms. The third-order valence-electron chi connectivity index (χ3n) is 3.00. The van der Waals surface area contributed by atoms with Crippen molar-refractivity contribution in [2.45, 2.75) is 22.7 Å². The van der Waals surface area contributed by atoms with Crippen molar-refractivity contribution in [3.63, 3.8) is 0 Å². The van der Waals surface area contributed by atoms with E-state index in [0.29, 0.717) is 29.4 Å². The van der Waals surface area contributed by atoms with Gasteiger partial charge >= 0.3 is 5.82 Å². The van der Waals surface area contributed by atoms with E-state index >= 15 is 0 Å². The van der Waals surface area contributed by atoms with Crippen LogP contribution >= 0.6 is 35.1 Å². The third-order valence-corrected chi connectivity index (χ3v) is 5.74. The molecule has 11 heteroatoms. The Balaban J connectivity index is 2.00. The molecule has 2 aromatic rings. The molecule has 8 nitrogen and oxygen atoms in total. The van der Waals surface area contributed by atoms with E-state index < -0.39 is 4.92 Å². The van der Waals surface area contributed by atoms with Crippen LogP contribution in [0, 0.1) is 17.0 Å². The lowest BCUT2D eigenvalue weighted by atomic mass is 10.3. The van der Waals surface area contributed by atoms with Gasteiger partial charge in [0.15, 0.2) is 0 Å². The summed E-state index contributed by atoms with van der Waals surface area (Å²) in [6, 6.07) is 1.41. The minimum atomic E-state index is -0.533. The van der Waals surface area contributed by atoms with Crippen LogP contribution in [0.3, 0.4) is 0 Å². The van der Waals surface area contributed by atoms with Crippen LogP contribution in [0.4, 0.5) is 5.82 Å². The second-order valence-corrected chi connectivity index (χ2v) is 7.08. The maximum absolute atomic E-state index is 12.3. The molecule has 0 saturated carbocycles. The molecule has 2 heterocycles. The number of carbonyl (C=O) groups is 1. The van der Waals surface area contributed by atoms with E-state index in [1.165, 1.54) is 45.8 Å². The maximum atomic E-state index is 12.3. The molecular formula is C12H15N5O3S3. The zero-order valence-electron chi connectivity index (χ0n) is 12.7. The zero-order chi connectivity index (χ0) is 17.0. The summed E-state index contributed by atoms with van der Waals surface area (Å²) in [5, 5.41) is 18.1. The molecule has 0 aliphatic rings. The van der Waals surface area contributed by atoms with Crippen molar-refractivity contribution in [2.24, 2.45) is 0 Å². The number of amides is 1. The van der Waals surface area contributed by atoms with Crippen molar-refractivity contribution in [3.05, 3.63) is 27.4 Å². The van der Waals surface area contributed by atoms with Gasteiger partial charge in [-0.25, -0.2) is 0 Å². The number of hydrogen-bond donors (Lipinski definition) is 1. The van der Waals surface area contributed by atoms with Crippen LogP contribution in [0.15, 0.2) is 15.3 Å². The molecule has 1 N–H and O–H groups in total. The molecule has 124 valence electrons. The van der Waals surface area contributed by atoms with Gasteiger partial charge in [-0.1, -0.05) is 0 Å². The summed E-state index contributed by atoms with van der Waals surface area (Å²) in [4.78, 5) is 22.5. The first-order valence-corrected chi connectivity index (χ1v) is 9.75. The van der Waals surface area contributed by atoms with Gasteiger partial charge in [0.05, 0.1) is 33.2 Å². The Morgan fingerprint density at radius 1 is 1.48 bits per heavy atom. The average molecular weight is 373 g/mol. The van der Waals surface area contributed by atoms with Gasteiger partial charge in [0.25, 0.3) is 5.91 Å². The molecule has 0 fully saturated rings. The van der Waals surface area contributed by atoms with Gasteiger partial charge in [0, 0.05) is 6.54 Å². The van der Waals surface area contributed by atoms with Gasteiger partial charge in [-0.3, -0.25) is 4.79 Å². The van der Waals surface area contributed by atoms with E-state index in [1.54, 1.807) is 6.92 Å². The van der Waals surface area contributed by atoms with Crippen LogP contribution < -0.4 is 5.32 Å². The molecule has 23 heavy (non-hydrogen) atoms.